The fourth-order valence-electron chi connectivity index (χ4n) is 1.34. The molecule has 0 atom stereocenters. The Morgan fingerprint density at radius 3 is 1.65 bits per heavy atom. The first-order valence-electron chi connectivity index (χ1n) is 5.39. The summed E-state index contributed by atoms with van der Waals surface area (Å²) in [6, 6.07) is -0.657. The molecule has 2 amide bonds. The van der Waals surface area contributed by atoms with E-state index in [0.29, 0.717) is 12.1 Å². The maximum Gasteiger partial charge on any atom is 0.416 e. The van der Waals surface area contributed by atoms with Crippen LogP contribution in [0.2, 0.25) is 0 Å². The molecule has 1 rings (SSSR count). The second-order valence-electron chi connectivity index (χ2n) is 3.95. The van der Waals surface area contributed by atoms with Crippen LogP contribution in [-0.2, 0) is 12.4 Å². The van der Waals surface area contributed by atoms with Crippen LogP contribution in [0.4, 0.5) is 36.8 Å². The van der Waals surface area contributed by atoms with Gasteiger partial charge in [-0.2, -0.15) is 26.3 Å². The number of benzene rings is 1. The third-order valence-corrected chi connectivity index (χ3v) is 3.09. The molecule has 1 aromatic rings. The summed E-state index contributed by atoms with van der Waals surface area (Å²) in [5, 5.41) is 3.02. The summed E-state index contributed by atoms with van der Waals surface area (Å²) in [6.07, 6.45) is -10.1. The van der Waals surface area contributed by atoms with Gasteiger partial charge in [-0.3, -0.25) is 5.32 Å². The standard InChI is InChI=1S/C11H5Cl3F6N2O/c12-7(13)8(14)22-9(23)21-6-2-4(10(15,16)17)1-5(3-6)11(18,19)20/h1-3H,(H2,21,22,23). The molecular formula is C11H5Cl3F6N2O. The van der Waals surface area contributed by atoms with Gasteiger partial charge in [0.2, 0.25) is 0 Å². The molecule has 0 aromatic heterocycles. The van der Waals surface area contributed by atoms with Gasteiger partial charge in [-0.05, 0) is 18.2 Å². The van der Waals surface area contributed by atoms with E-state index in [0.717, 1.165) is 0 Å². The topological polar surface area (TPSA) is 41.1 Å². The van der Waals surface area contributed by atoms with E-state index in [1.807, 2.05) is 5.32 Å². The number of alkyl halides is 6. The maximum atomic E-state index is 12.6. The first-order valence-corrected chi connectivity index (χ1v) is 6.52. The maximum absolute atomic E-state index is 12.6. The molecule has 0 heterocycles. The van der Waals surface area contributed by atoms with Crippen LogP contribution in [-0.4, -0.2) is 6.03 Å². The second kappa shape index (κ2) is 7.06. The fraction of sp³-hybridized carbons (Fsp3) is 0.182. The Morgan fingerprint density at radius 2 is 1.30 bits per heavy atom. The lowest BCUT2D eigenvalue weighted by Crippen LogP contribution is -2.27. The molecule has 12 heteroatoms. The highest BCUT2D eigenvalue weighted by Gasteiger charge is 2.37. The van der Waals surface area contributed by atoms with E-state index >= 15 is 0 Å². The molecule has 0 bridgehead atoms. The number of rotatable bonds is 2. The highest BCUT2D eigenvalue weighted by atomic mass is 35.5. The third kappa shape index (κ3) is 6.00. The molecule has 23 heavy (non-hydrogen) atoms. The smallest absolute Gasteiger partial charge is 0.308 e. The highest BCUT2D eigenvalue weighted by molar-refractivity contribution is 6.59. The molecule has 0 aliphatic carbocycles. The van der Waals surface area contributed by atoms with Crippen molar-refractivity contribution >= 4 is 46.5 Å². The summed E-state index contributed by atoms with van der Waals surface area (Å²) < 4.78 is 75.2. The van der Waals surface area contributed by atoms with Crippen molar-refractivity contribution < 1.29 is 31.1 Å². The average Bonchev–Trinajstić information content (AvgIpc) is 2.35. The molecule has 0 aliphatic rings. The summed E-state index contributed by atoms with van der Waals surface area (Å²) in [6.45, 7) is 0. The zero-order valence-corrected chi connectivity index (χ0v) is 12.8. The first kappa shape index (κ1) is 19.7. The number of halogens is 9. The Morgan fingerprint density at radius 1 is 0.870 bits per heavy atom. The SMILES string of the molecule is O=C(NC(Cl)=C(Cl)Cl)Nc1cc(C(F)(F)F)cc(C(F)(F)F)c1. The van der Waals surface area contributed by atoms with Crippen LogP contribution >= 0.6 is 34.8 Å². The van der Waals surface area contributed by atoms with E-state index in [2.05, 4.69) is 0 Å². The van der Waals surface area contributed by atoms with Gasteiger partial charge in [0.1, 0.15) is 9.65 Å². The van der Waals surface area contributed by atoms with Crippen LogP contribution in [0.15, 0.2) is 27.8 Å². The Kier molecular flexibility index (Phi) is 6.06. The Bertz CT molecular complexity index is 605. The normalized spacial score (nSPS) is 11.9. The van der Waals surface area contributed by atoms with E-state index in [4.69, 9.17) is 34.8 Å². The summed E-state index contributed by atoms with van der Waals surface area (Å²) in [5.41, 5.74) is -3.92. The molecule has 0 saturated carbocycles. The van der Waals surface area contributed by atoms with Gasteiger partial charge in [0, 0.05) is 5.69 Å². The molecule has 0 saturated heterocycles. The molecule has 0 unspecified atom stereocenters. The predicted octanol–water partition coefficient (Wildman–Crippen LogP) is 5.69. The van der Waals surface area contributed by atoms with Gasteiger partial charge in [0.25, 0.3) is 0 Å². The van der Waals surface area contributed by atoms with Crippen molar-refractivity contribution in [1.29, 1.82) is 0 Å². The van der Waals surface area contributed by atoms with Gasteiger partial charge in [-0.25, -0.2) is 4.79 Å². The summed E-state index contributed by atoms with van der Waals surface area (Å²) in [5.74, 6) is 0. The first-order chi connectivity index (χ1) is 10.3. The average molecular weight is 402 g/mol. The van der Waals surface area contributed by atoms with Crippen molar-refractivity contribution in [2.75, 3.05) is 5.32 Å². The molecule has 2 N–H and O–H groups in total. The molecular weight excluding hydrogens is 396 g/mol. The fourth-order valence-corrected chi connectivity index (χ4v) is 1.52. The van der Waals surface area contributed by atoms with E-state index in [1.54, 1.807) is 5.32 Å². The van der Waals surface area contributed by atoms with E-state index in [9.17, 15) is 31.1 Å². The quantitative estimate of drug-likeness (QED) is 0.485. The largest absolute Gasteiger partial charge is 0.416 e. The number of urea groups is 1. The summed E-state index contributed by atoms with van der Waals surface area (Å²) in [4.78, 5) is 11.4. The van der Waals surface area contributed by atoms with Crippen molar-refractivity contribution in [3.63, 3.8) is 0 Å². The molecule has 0 spiro atoms. The number of anilines is 1. The minimum absolute atomic E-state index is 0.0778. The van der Waals surface area contributed by atoms with E-state index in [1.165, 1.54) is 0 Å². The summed E-state index contributed by atoms with van der Waals surface area (Å²) in [7, 11) is 0. The van der Waals surface area contributed by atoms with Gasteiger partial charge in [-0.1, -0.05) is 34.8 Å². The second-order valence-corrected chi connectivity index (χ2v) is 5.28. The van der Waals surface area contributed by atoms with Crippen LogP contribution in [0, 0.1) is 0 Å². The van der Waals surface area contributed by atoms with Crippen molar-refractivity contribution in [1.82, 2.24) is 5.32 Å². The zero-order valence-electron chi connectivity index (χ0n) is 10.5. The van der Waals surface area contributed by atoms with Crippen molar-refractivity contribution in [2.45, 2.75) is 12.4 Å². The molecule has 128 valence electrons. The molecule has 3 nitrogen and oxygen atoms in total. The van der Waals surface area contributed by atoms with Crippen LogP contribution in [0.1, 0.15) is 11.1 Å². The minimum atomic E-state index is -5.04. The van der Waals surface area contributed by atoms with E-state index < -0.39 is 44.8 Å². The van der Waals surface area contributed by atoms with Crippen LogP contribution in [0.3, 0.4) is 0 Å². The molecule has 0 radical (unpaired) electrons. The number of carbonyl (C=O) groups is 1. The lowest BCUT2D eigenvalue weighted by atomic mass is 10.1. The highest BCUT2D eigenvalue weighted by Crippen LogP contribution is 2.37. The molecule has 1 aromatic carbocycles. The van der Waals surface area contributed by atoms with Gasteiger partial charge in [-0.15, -0.1) is 0 Å². The minimum Gasteiger partial charge on any atom is -0.308 e. The van der Waals surface area contributed by atoms with Gasteiger partial charge < -0.3 is 5.32 Å². The number of amides is 2. The van der Waals surface area contributed by atoms with E-state index in [-0.39, 0.29) is 6.07 Å². The van der Waals surface area contributed by atoms with Crippen LogP contribution < -0.4 is 10.6 Å². The lowest BCUT2D eigenvalue weighted by molar-refractivity contribution is -0.143. The van der Waals surface area contributed by atoms with Crippen molar-refractivity contribution in [3.8, 4) is 0 Å². The lowest BCUT2D eigenvalue weighted by Gasteiger charge is -2.15. The number of hydrogen-bond donors (Lipinski definition) is 2. The predicted molar refractivity (Wildman–Crippen MR) is 73.2 cm³/mol. The molecule has 0 aliphatic heterocycles. The Balaban J connectivity index is 3.16. The molecule has 0 fully saturated rings. The van der Waals surface area contributed by atoms with Crippen molar-refractivity contribution in [2.24, 2.45) is 0 Å². The Labute approximate surface area is 140 Å². The van der Waals surface area contributed by atoms with Gasteiger partial charge >= 0.3 is 18.4 Å². The number of nitrogens with one attached hydrogen (secondary N) is 2. The van der Waals surface area contributed by atoms with Crippen LogP contribution in [0.5, 0.6) is 0 Å². The van der Waals surface area contributed by atoms with Gasteiger partial charge in [0.15, 0.2) is 0 Å². The monoisotopic (exact) mass is 400 g/mol. The van der Waals surface area contributed by atoms with Crippen LogP contribution in [0.25, 0.3) is 0 Å². The van der Waals surface area contributed by atoms with Crippen molar-refractivity contribution in [3.05, 3.63) is 39.0 Å². The number of hydrogen-bond acceptors (Lipinski definition) is 1. The van der Waals surface area contributed by atoms with Gasteiger partial charge in [0.05, 0.1) is 11.1 Å². The third-order valence-electron chi connectivity index (χ3n) is 2.23. The summed E-state index contributed by atoms with van der Waals surface area (Å²) >= 11 is 15.8. The Hall–Kier alpha value is -1.32. The zero-order chi connectivity index (χ0) is 18.0. The number of carbonyl (C=O) groups excluding carboxylic acids is 1.